The van der Waals surface area contributed by atoms with Crippen LogP contribution in [0.4, 0.5) is 0 Å². The van der Waals surface area contributed by atoms with Crippen LogP contribution in [-0.2, 0) is 13.0 Å². The second-order valence-electron chi connectivity index (χ2n) is 7.72. The van der Waals surface area contributed by atoms with Crippen molar-refractivity contribution < 1.29 is 14.3 Å². The zero-order valence-corrected chi connectivity index (χ0v) is 18.9. The molecule has 1 amide bonds. The molecular formula is C24H32N4O3. The Morgan fingerprint density at radius 1 is 1.03 bits per heavy atom. The molecule has 166 valence electrons. The molecule has 0 saturated carbocycles. The lowest BCUT2D eigenvalue weighted by Crippen LogP contribution is -2.38. The minimum Gasteiger partial charge on any atom is -0.486 e. The molecule has 0 aliphatic carbocycles. The third-order valence-electron chi connectivity index (χ3n) is 4.96. The van der Waals surface area contributed by atoms with Crippen LogP contribution < -0.4 is 14.8 Å². The summed E-state index contributed by atoms with van der Waals surface area (Å²) in [4.78, 5) is 20.7. The van der Waals surface area contributed by atoms with Crippen molar-refractivity contribution in [2.75, 3.05) is 47.4 Å². The van der Waals surface area contributed by atoms with Crippen LogP contribution in [0.2, 0.25) is 0 Å². The number of carbonyl (C=O) groups excluding carboxylic acids is 1. The molecule has 0 fully saturated rings. The lowest BCUT2D eigenvalue weighted by Gasteiger charge is -2.24. The van der Waals surface area contributed by atoms with E-state index in [0.717, 1.165) is 41.6 Å². The zero-order valence-electron chi connectivity index (χ0n) is 18.9. The maximum Gasteiger partial charge on any atom is 0.253 e. The van der Waals surface area contributed by atoms with Crippen molar-refractivity contribution in [3.8, 4) is 11.5 Å². The number of benzene rings is 2. The third kappa shape index (κ3) is 6.13. The highest BCUT2D eigenvalue weighted by Crippen LogP contribution is 2.31. The first-order valence-electron chi connectivity index (χ1n) is 10.7. The average molecular weight is 425 g/mol. The minimum absolute atomic E-state index is 0.0119. The molecule has 0 radical (unpaired) electrons. The van der Waals surface area contributed by atoms with Gasteiger partial charge >= 0.3 is 0 Å². The van der Waals surface area contributed by atoms with Crippen molar-refractivity contribution in [3.63, 3.8) is 0 Å². The number of carbonyl (C=O) groups is 1. The number of nitrogens with one attached hydrogen (secondary N) is 1. The first-order valence-corrected chi connectivity index (χ1v) is 10.7. The van der Waals surface area contributed by atoms with E-state index in [0.29, 0.717) is 31.9 Å². The number of aliphatic imine (C=N–C) groups is 1. The van der Waals surface area contributed by atoms with Gasteiger partial charge in [-0.05, 0) is 48.7 Å². The quantitative estimate of drug-likeness (QED) is 0.547. The third-order valence-corrected chi connectivity index (χ3v) is 4.96. The van der Waals surface area contributed by atoms with E-state index in [4.69, 9.17) is 14.5 Å². The molecule has 31 heavy (non-hydrogen) atoms. The molecule has 0 atom stereocenters. The van der Waals surface area contributed by atoms with Gasteiger partial charge < -0.3 is 24.6 Å². The highest BCUT2D eigenvalue weighted by molar-refractivity contribution is 5.94. The van der Waals surface area contributed by atoms with Gasteiger partial charge in [-0.15, -0.1) is 0 Å². The molecular weight excluding hydrogens is 392 g/mol. The topological polar surface area (TPSA) is 66.4 Å². The lowest BCUT2D eigenvalue weighted by molar-refractivity contribution is 0.0827. The molecule has 2 aromatic carbocycles. The number of hydrogen-bond donors (Lipinski definition) is 1. The van der Waals surface area contributed by atoms with Crippen LogP contribution in [0.25, 0.3) is 0 Å². The molecule has 0 spiro atoms. The van der Waals surface area contributed by atoms with Gasteiger partial charge in [0.05, 0.1) is 0 Å². The summed E-state index contributed by atoms with van der Waals surface area (Å²) in [5.74, 6) is 2.45. The van der Waals surface area contributed by atoms with Crippen LogP contribution >= 0.6 is 0 Å². The minimum atomic E-state index is 0.0119. The Morgan fingerprint density at radius 3 is 2.55 bits per heavy atom. The van der Waals surface area contributed by atoms with Gasteiger partial charge in [0.1, 0.15) is 13.2 Å². The fourth-order valence-corrected chi connectivity index (χ4v) is 3.41. The molecule has 3 rings (SSSR count). The predicted molar refractivity (Wildman–Crippen MR) is 123 cm³/mol. The van der Waals surface area contributed by atoms with E-state index in [1.165, 1.54) is 0 Å². The smallest absolute Gasteiger partial charge is 0.253 e. The summed E-state index contributed by atoms with van der Waals surface area (Å²) < 4.78 is 11.3. The fraction of sp³-hybridized carbons (Fsp3) is 0.417. The van der Waals surface area contributed by atoms with Crippen molar-refractivity contribution >= 4 is 11.9 Å². The van der Waals surface area contributed by atoms with Gasteiger partial charge in [-0.2, -0.15) is 0 Å². The van der Waals surface area contributed by atoms with E-state index in [9.17, 15) is 4.79 Å². The largest absolute Gasteiger partial charge is 0.486 e. The van der Waals surface area contributed by atoms with Gasteiger partial charge in [0.15, 0.2) is 17.5 Å². The van der Waals surface area contributed by atoms with Crippen LogP contribution in [0.1, 0.15) is 28.4 Å². The number of fused-ring (bicyclic) bond motifs is 1. The first kappa shape index (κ1) is 22.5. The second-order valence-corrected chi connectivity index (χ2v) is 7.72. The van der Waals surface area contributed by atoms with Crippen molar-refractivity contribution in [2.45, 2.75) is 19.9 Å². The average Bonchev–Trinajstić information content (AvgIpc) is 2.78. The number of hydrogen-bond acceptors (Lipinski definition) is 4. The maximum atomic E-state index is 12.2. The van der Waals surface area contributed by atoms with E-state index in [1.807, 2.05) is 43.4 Å². The van der Waals surface area contributed by atoms with E-state index in [1.54, 1.807) is 19.0 Å². The van der Waals surface area contributed by atoms with Crippen molar-refractivity contribution in [1.82, 2.24) is 15.1 Å². The lowest BCUT2D eigenvalue weighted by atomic mass is 10.1. The van der Waals surface area contributed by atoms with E-state index in [-0.39, 0.29) is 5.91 Å². The number of amides is 1. The number of rotatable bonds is 7. The Morgan fingerprint density at radius 2 is 1.81 bits per heavy atom. The Bertz CT molecular complexity index is 927. The van der Waals surface area contributed by atoms with E-state index < -0.39 is 0 Å². The SMILES string of the molecule is CCNC(=NCCc1cccc(C(=O)N(C)C)c1)N(C)Cc1ccc2c(c1)OCCO2. The van der Waals surface area contributed by atoms with Gasteiger partial charge in [0.2, 0.25) is 0 Å². The number of guanidine groups is 1. The molecule has 2 aromatic rings. The van der Waals surface area contributed by atoms with Crippen LogP contribution in [0.15, 0.2) is 47.5 Å². The summed E-state index contributed by atoms with van der Waals surface area (Å²) in [6.07, 6.45) is 0.765. The molecule has 7 nitrogen and oxygen atoms in total. The predicted octanol–water partition coefficient (Wildman–Crippen LogP) is 2.80. The van der Waals surface area contributed by atoms with Crippen LogP contribution in [0.5, 0.6) is 11.5 Å². The summed E-state index contributed by atoms with van der Waals surface area (Å²) in [5.41, 5.74) is 2.93. The van der Waals surface area contributed by atoms with Gasteiger partial charge in [-0.25, -0.2) is 0 Å². The number of nitrogens with zero attached hydrogens (tertiary/aromatic N) is 3. The molecule has 0 aromatic heterocycles. The molecule has 1 aliphatic rings. The van der Waals surface area contributed by atoms with Crippen molar-refractivity contribution in [1.29, 1.82) is 0 Å². The maximum absolute atomic E-state index is 12.2. The van der Waals surface area contributed by atoms with Crippen molar-refractivity contribution in [2.24, 2.45) is 4.99 Å². The molecule has 1 aliphatic heterocycles. The zero-order chi connectivity index (χ0) is 22.2. The summed E-state index contributed by atoms with van der Waals surface area (Å²) >= 11 is 0. The number of ether oxygens (including phenoxy) is 2. The van der Waals surface area contributed by atoms with Gasteiger partial charge in [0.25, 0.3) is 5.91 Å². The second kappa shape index (κ2) is 10.7. The highest BCUT2D eigenvalue weighted by Gasteiger charge is 2.14. The summed E-state index contributed by atoms with van der Waals surface area (Å²) in [7, 11) is 5.55. The Kier molecular flexibility index (Phi) is 7.76. The van der Waals surface area contributed by atoms with Crippen molar-refractivity contribution in [3.05, 3.63) is 59.2 Å². The van der Waals surface area contributed by atoms with Gasteiger partial charge in [0, 0.05) is 46.3 Å². The Hall–Kier alpha value is -3.22. The van der Waals surface area contributed by atoms with Gasteiger partial charge in [-0.1, -0.05) is 18.2 Å². The normalized spacial score (nSPS) is 13.0. The van der Waals surface area contributed by atoms with E-state index >= 15 is 0 Å². The highest BCUT2D eigenvalue weighted by atomic mass is 16.6. The summed E-state index contributed by atoms with van der Waals surface area (Å²) in [6.45, 7) is 5.36. The standard InChI is InChI=1S/C24H32N4O3/c1-5-25-24(26-12-11-18-7-6-8-20(15-18)23(29)27(2)3)28(4)17-19-9-10-21-22(16-19)31-14-13-30-21/h6-10,15-16H,5,11-14,17H2,1-4H3,(H,25,26). The first-order chi connectivity index (χ1) is 15.0. The fourth-order valence-electron chi connectivity index (χ4n) is 3.41. The monoisotopic (exact) mass is 424 g/mol. The van der Waals surface area contributed by atoms with Crippen LogP contribution in [-0.4, -0.2) is 69.1 Å². The summed E-state index contributed by atoms with van der Waals surface area (Å²) in [5, 5.41) is 3.35. The molecule has 1 N–H and O–H groups in total. The molecule has 7 heteroatoms. The molecule has 0 saturated heterocycles. The molecule has 0 unspecified atom stereocenters. The molecule has 0 bridgehead atoms. The molecule has 1 heterocycles. The van der Waals surface area contributed by atoms with E-state index in [2.05, 4.69) is 23.2 Å². The van der Waals surface area contributed by atoms with Gasteiger partial charge in [-0.3, -0.25) is 9.79 Å². The van der Waals surface area contributed by atoms with Crippen LogP contribution in [0, 0.1) is 0 Å². The Labute approximate surface area is 184 Å². The summed E-state index contributed by atoms with van der Waals surface area (Å²) in [6, 6.07) is 13.8. The Balaban J connectivity index is 1.63. The van der Waals surface area contributed by atoms with Crippen LogP contribution in [0.3, 0.4) is 0 Å².